The Hall–Kier alpha value is -0.420. The molecule has 1 unspecified atom stereocenters. The van der Waals surface area contributed by atoms with Gasteiger partial charge >= 0.3 is 0 Å². The summed E-state index contributed by atoms with van der Waals surface area (Å²) in [7, 11) is 0. The molecule has 9 heavy (non-hydrogen) atoms. The van der Waals surface area contributed by atoms with Crippen molar-refractivity contribution in [1.29, 1.82) is 0 Å². The number of hydrogen-bond acceptors (Lipinski definition) is 4. The van der Waals surface area contributed by atoms with E-state index in [4.69, 9.17) is 0 Å². The van der Waals surface area contributed by atoms with E-state index in [-0.39, 0.29) is 12.4 Å². The van der Waals surface area contributed by atoms with Crippen molar-refractivity contribution in [2.24, 2.45) is 0 Å². The Morgan fingerprint density at radius 1 is 1.67 bits per heavy atom. The summed E-state index contributed by atoms with van der Waals surface area (Å²) >= 11 is -2.01. The van der Waals surface area contributed by atoms with Crippen molar-refractivity contribution >= 4 is 17.6 Å². The second kappa shape index (κ2) is 5.71. The van der Waals surface area contributed by atoms with Gasteiger partial charge in [-0.3, -0.25) is 9.00 Å². The molecule has 0 aromatic carbocycles. The van der Waals surface area contributed by atoms with Crippen LogP contribution in [0.15, 0.2) is 0 Å². The third-order valence-corrected chi connectivity index (χ3v) is 1.26. The van der Waals surface area contributed by atoms with Gasteiger partial charge in [-0.25, -0.2) is 0 Å². The van der Waals surface area contributed by atoms with Gasteiger partial charge in [0.1, 0.15) is 0 Å². The van der Waals surface area contributed by atoms with Crippen molar-refractivity contribution < 1.29 is 18.3 Å². The molecule has 0 rings (SSSR count). The molecule has 0 spiro atoms. The van der Waals surface area contributed by atoms with Gasteiger partial charge in [-0.1, -0.05) is 11.1 Å². The van der Waals surface area contributed by atoms with Crippen LogP contribution in [0.1, 0.15) is 6.42 Å². The van der Waals surface area contributed by atoms with Crippen molar-refractivity contribution in [1.82, 2.24) is 0 Å². The molecule has 0 bridgehead atoms. The van der Waals surface area contributed by atoms with Crippen LogP contribution in [0.2, 0.25) is 0 Å². The molecule has 0 saturated carbocycles. The van der Waals surface area contributed by atoms with Crippen molar-refractivity contribution in [2.45, 2.75) is 6.42 Å². The monoisotopic (exact) mass is 151 g/mol. The molecule has 0 aliphatic carbocycles. The Balaban J connectivity index is 2.91. The predicted molar refractivity (Wildman–Crippen MR) is 30.4 cm³/mol. The highest BCUT2D eigenvalue weighted by Gasteiger charge is 1.85. The Bertz CT molecular complexity index is 103. The van der Waals surface area contributed by atoms with Gasteiger partial charge in [-0.15, -0.1) is 0 Å². The van der Waals surface area contributed by atoms with E-state index in [9.17, 15) is 13.6 Å². The van der Waals surface area contributed by atoms with Gasteiger partial charge in [0.05, 0.1) is 6.61 Å². The molecule has 0 N–H and O–H groups in total. The summed E-state index contributed by atoms with van der Waals surface area (Å²) < 4.78 is 23.9. The first-order valence-corrected chi connectivity index (χ1v) is 3.63. The Kier molecular flexibility index (Phi) is 5.45. The zero-order valence-corrected chi connectivity index (χ0v) is 5.56. The number of ether oxygens (including phenoxy) is 1. The number of carbonyl (C=O) groups is 1. The van der Waals surface area contributed by atoms with E-state index >= 15 is 0 Å². The molecule has 0 radical (unpaired) electrons. The summed E-state index contributed by atoms with van der Waals surface area (Å²) in [5, 5.41) is 0. The Morgan fingerprint density at radius 3 is 2.78 bits per heavy atom. The topological polar surface area (TPSA) is 66.4 Å². The van der Waals surface area contributed by atoms with Gasteiger partial charge in [0.15, 0.2) is 0 Å². The van der Waals surface area contributed by atoms with Gasteiger partial charge in [0.25, 0.3) is 6.47 Å². The lowest BCUT2D eigenvalue weighted by atomic mass is 10.5. The van der Waals surface area contributed by atoms with E-state index in [1.165, 1.54) is 0 Å². The van der Waals surface area contributed by atoms with E-state index < -0.39 is 11.1 Å². The fourth-order valence-electron chi connectivity index (χ4n) is 0.308. The van der Waals surface area contributed by atoms with Crippen LogP contribution in [0.3, 0.4) is 0 Å². The second-order valence-corrected chi connectivity index (χ2v) is 2.34. The van der Waals surface area contributed by atoms with Gasteiger partial charge in [-0.05, 0) is 6.42 Å². The molecular weight excluding hydrogens is 144 g/mol. The summed E-state index contributed by atoms with van der Waals surface area (Å²) in [6.07, 6.45) is 0.370. The lowest BCUT2D eigenvalue weighted by Crippen LogP contribution is -2.00. The summed E-state index contributed by atoms with van der Waals surface area (Å²) in [5.74, 6) is 0.0494. The van der Waals surface area contributed by atoms with Crippen LogP contribution in [0.5, 0.6) is 0 Å². The zero-order chi connectivity index (χ0) is 7.11. The number of rotatable bonds is 5. The standard InChI is InChI=1S/C4H8O4S/c5-4-8-2-1-3-9(6)7/h4H,1-3H2,(H,6,7)/p-1. The molecule has 1 atom stereocenters. The van der Waals surface area contributed by atoms with E-state index in [0.29, 0.717) is 12.9 Å². The molecule has 5 heteroatoms. The molecule has 0 amide bonds. The van der Waals surface area contributed by atoms with Gasteiger partial charge in [-0.2, -0.15) is 0 Å². The van der Waals surface area contributed by atoms with Gasteiger partial charge in [0, 0.05) is 5.75 Å². The second-order valence-electron chi connectivity index (χ2n) is 1.33. The van der Waals surface area contributed by atoms with E-state index in [2.05, 4.69) is 4.74 Å². The summed E-state index contributed by atoms with van der Waals surface area (Å²) in [4.78, 5) is 9.47. The van der Waals surface area contributed by atoms with Gasteiger partial charge in [0.2, 0.25) is 0 Å². The van der Waals surface area contributed by atoms with Crippen molar-refractivity contribution in [2.75, 3.05) is 12.4 Å². The molecule has 0 aromatic heterocycles. The van der Waals surface area contributed by atoms with E-state index in [1.807, 2.05) is 0 Å². The Morgan fingerprint density at radius 2 is 2.33 bits per heavy atom. The smallest absolute Gasteiger partial charge is 0.293 e. The molecular formula is C4H7O4S-. The van der Waals surface area contributed by atoms with Crippen molar-refractivity contribution in [3.05, 3.63) is 0 Å². The molecule has 0 fully saturated rings. The maximum absolute atomic E-state index is 9.82. The third kappa shape index (κ3) is 7.58. The fraction of sp³-hybridized carbons (Fsp3) is 0.750. The largest absolute Gasteiger partial charge is 0.772 e. The third-order valence-electron chi connectivity index (χ3n) is 0.641. The lowest BCUT2D eigenvalue weighted by molar-refractivity contribution is -0.128. The van der Waals surface area contributed by atoms with Crippen molar-refractivity contribution in [3.8, 4) is 0 Å². The van der Waals surface area contributed by atoms with Crippen LogP contribution >= 0.6 is 0 Å². The molecule has 0 saturated heterocycles. The minimum atomic E-state index is -2.01. The first kappa shape index (κ1) is 8.58. The molecule has 0 aromatic rings. The van der Waals surface area contributed by atoms with Crippen LogP contribution in [0, 0.1) is 0 Å². The molecule has 0 aliphatic rings. The molecule has 4 nitrogen and oxygen atoms in total. The first-order chi connectivity index (χ1) is 4.27. The van der Waals surface area contributed by atoms with Gasteiger partial charge < -0.3 is 9.29 Å². The van der Waals surface area contributed by atoms with E-state index in [1.54, 1.807) is 0 Å². The van der Waals surface area contributed by atoms with Crippen molar-refractivity contribution in [3.63, 3.8) is 0 Å². The highest BCUT2D eigenvalue weighted by atomic mass is 32.2. The molecule has 0 heterocycles. The zero-order valence-electron chi connectivity index (χ0n) is 4.74. The fourth-order valence-corrected chi connectivity index (χ4v) is 0.662. The maximum Gasteiger partial charge on any atom is 0.293 e. The number of hydrogen-bond donors (Lipinski definition) is 0. The minimum absolute atomic E-state index is 0.0494. The van der Waals surface area contributed by atoms with E-state index in [0.717, 1.165) is 0 Å². The van der Waals surface area contributed by atoms with Crippen LogP contribution in [0.4, 0.5) is 0 Å². The highest BCUT2D eigenvalue weighted by Crippen LogP contribution is 1.82. The number of carbonyl (C=O) groups excluding carboxylic acids is 1. The summed E-state index contributed by atoms with van der Waals surface area (Å²) in [6.45, 7) is 0.477. The maximum atomic E-state index is 9.82. The predicted octanol–water partition coefficient (Wildman–Crippen LogP) is -0.571. The Labute approximate surface area is 55.5 Å². The van der Waals surface area contributed by atoms with Crippen LogP contribution in [-0.4, -0.2) is 27.6 Å². The quantitative estimate of drug-likeness (QED) is 0.300. The minimum Gasteiger partial charge on any atom is -0.772 e. The summed E-state index contributed by atoms with van der Waals surface area (Å²) in [6, 6.07) is 0. The SMILES string of the molecule is O=COCCCS(=O)[O-]. The van der Waals surface area contributed by atoms with Crippen LogP contribution in [0.25, 0.3) is 0 Å². The first-order valence-electron chi connectivity index (χ1n) is 2.38. The molecule has 0 aliphatic heterocycles. The van der Waals surface area contributed by atoms with Crippen LogP contribution in [-0.2, 0) is 20.6 Å². The highest BCUT2D eigenvalue weighted by molar-refractivity contribution is 7.79. The summed E-state index contributed by atoms with van der Waals surface area (Å²) in [5.41, 5.74) is 0. The normalized spacial score (nSPS) is 12.6. The average molecular weight is 151 g/mol. The van der Waals surface area contributed by atoms with Crippen LogP contribution < -0.4 is 0 Å². The average Bonchev–Trinajstić information content (AvgIpc) is 1.80. The molecule has 54 valence electrons. The lowest BCUT2D eigenvalue weighted by Gasteiger charge is -2.01.